The van der Waals surface area contributed by atoms with E-state index in [1.165, 1.54) is 26.0 Å². The van der Waals surface area contributed by atoms with Gasteiger partial charge in [0.25, 0.3) is 0 Å². The van der Waals surface area contributed by atoms with Crippen molar-refractivity contribution < 1.29 is 23.7 Å². The summed E-state index contributed by atoms with van der Waals surface area (Å²) in [6.45, 7) is 1.84. The van der Waals surface area contributed by atoms with Crippen LogP contribution in [0.15, 0.2) is 88.7 Å². The molecule has 0 saturated carbocycles. The number of thioether (sulfide) groups is 1. The molecular formula is C28H26N4O5S. The van der Waals surface area contributed by atoms with E-state index in [1.54, 1.807) is 31.3 Å². The Morgan fingerprint density at radius 2 is 1.92 bits per heavy atom. The predicted octanol–water partition coefficient (Wildman–Crippen LogP) is 4.58. The van der Waals surface area contributed by atoms with Gasteiger partial charge in [0.05, 0.1) is 43.8 Å². The van der Waals surface area contributed by atoms with Crippen LogP contribution in [-0.4, -0.2) is 42.5 Å². The van der Waals surface area contributed by atoms with Crippen LogP contribution in [0.5, 0.6) is 11.5 Å². The van der Waals surface area contributed by atoms with Crippen molar-refractivity contribution in [3.63, 3.8) is 0 Å². The van der Waals surface area contributed by atoms with Crippen LogP contribution in [0.2, 0.25) is 0 Å². The molecule has 3 aromatic rings. The summed E-state index contributed by atoms with van der Waals surface area (Å²) in [5, 5.41) is 10.5. The zero-order chi connectivity index (χ0) is 27.1. The number of allylic oxidation sites excluding steroid dienone is 1. The van der Waals surface area contributed by atoms with Gasteiger partial charge in [-0.1, -0.05) is 54.2 Å². The lowest BCUT2D eigenvalue weighted by Crippen LogP contribution is -2.27. The van der Waals surface area contributed by atoms with E-state index in [0.717, 1.165) is 11.3 Å². The van der Waals surface area contributed by atoms with Crippen LogP contribution in [0.4, 0.5) is 0 Å². The molecule has 1 aromatic heterocycles. The zero-order valence-electron chi connectivity index (χ0n) is 21.1. The van der Waals surface area contributed by atoms with Gasteiger partial charge in [-0.25, -0.2) is 14.8 Å². The van der Waals surface area contributed by atoms with Crippen molar-refractivity contribution in [1.29, 1.82) is 5.26 Å². The minimum Gasteiger partial charge on any atom is -0.493 e. The molecule has 0 amide bonds. The minimum atomic E-state index is -0.898. The summed E-state index contributed by atoms with van der Waals surface area (Å²) in [6.07, 6.45) is 1.67. The first-order valence-corrected chi connectivity index (χ1v) is 12.7. The molecule has 0 saturated heterocycles. The quantitative estimate of drug-likeness (QED) is 0.238. The fourth-order valence-electron chi connectivity index (χ4n) is 4.12. The van der Waals surface area contributed by atoms with Crippen LogP contribution in [0.1, 0.15) is 18.4 Å². The monoisotopic (exact) mass is 530 g/mol. The Bertz CT molecular complexity index is 1430. The van der Waals surface area contributed by atoms with Gasteiger partial charge in [0.1, 0.15) is 17.4 Å². The number of hydrogen-bond acceptors (Lipinski definition) is 10. The van der Waals surface area contributed by atoms with E-state index in [-0.39, 0.29) is 35.1 Å². The number of para-hydroxylation sites is 1. The highest BCUT2D eigenvalue weighted by molar-refractivity contribution is 7.99. The molecule has 1 unspecified atom stereocenters. The molecule has 38 heavy (non-hydrogen) atoms. The molecule has 1 atom stereocenters. The maximum Gasteiger partial charge on any atom is 0.338 e. The van der Waals surface area contributed by atoms with Gasteiger partial charge in [0.2, 0.25) is 5.88 Å². The third-order valence-electron chi connectivity index (χ3n) is 5.77. The summed E-state index contributed by atoms with van der Waals surface area (Å²) < 4.78 is 22.3. The lowest BCUT2D eigenvalue weighted by atomic mass is 9.82. The Morgan fingerprint density at radius 3 is 2.61 bits per heavy atom. The lowest BCUT2D eigenvalue weighted by Gasteiger charge is -2.29. The van der Waals surface area contributed by atoms with Crippen molar-refractivity contribution in [2.45, 2.75) is 18.0 Å². The normalized spacial score (nSPS) is 14.9. The second-order valence-corrected chi connectivity index (χ2v) is 8.89. The summed E-state index contributed by atoms with van der Waals surface area (Å²) >= 11 is 1.27. The second kappa shape index (κ2) is 12.2. The molecule has 0 fully saturated rings. The van der Waals surface area contributed by atoms with Crippen molar-refractivity contribution in [3.8, 4) is 28.8 Å². The molecular weight excluding hydrogens is 504 g/mol. The number of nitrogens with two attached hydrogens (primary N) is 1. The summed E-state index contributed by atoms with van der Waals surface area (Å²) in [5.41, 5.74) is 8.66. The van der Waals surface area contributed by atoms with Crippen LogP contribution in [0.25, 0.3) is 11.3 Å². The second-order valence-electron chi connectivity index (χ2n) is 7.94. The molecule has 0 radical (unpaired) electrons. The highest BCUT2D eigenvalue weighted by Gasteiger charge is 2.39. The zero-order valence-corrected chi connectivity index (χ0v) is 22.0. The number of ether oxygens (including phenoxy) is 4. The van der Waals surface area contributed by atoms with E-state index in [4.69, 9.17) is 24.7 Å². The minimum absolute atomic E-state index is 0.0654. The topological polar surface area (TPSA) is 130 Å². The predicted molar refractivity (Wildman–Crippen MR) is 142 cm³/mol. The third-order valence-corrected chi connectivity index (χ3v) is 6.63. The van der Waals surface area contributed by atoms with Gasteiger partial charge in [0, 0.05) is 17.3 Å². The number of nitrogens with zero attached hydrogens (tertiary/aromatic N) is 3. The number of methoxy groups -OCH3 is 2. The molecule has 4 rings (SSSR count). The number of rotatable bonds is 9. The molecule has 0 aliphatic carbocycles. The van der Waals surface area contributed by atoms with Crippen LogP contribution >= 0.6 is 11.8 Å². The van der Waals surface area contributed by atoms with E-state index in [1.807, 2.05) is 36.4 Å². The summed E-state index contributed by atoms with van der Waals surface area (Å²) in [4.78, 5) is 22.3. The highest BCUT2D eigenvalue weighted by Crippen LogP contribution is 2.46. The van der Waals surface area contributed by atoms with Crippen molar-refractivity contribution in [2.75, 3.05) is 26.6 Å². The van der Waals surface area contributed by atoms with Crippen molar-refractivity contribution >= 4 is 17.7 Å². The molecule has 2 heterocycles. The van der Waals surface area contributed by atoms with Crippen LogP contribution in [0.3, 0.4) is 0 Å². The molecule has 9 nitrogen and oxygen atoms in total. The molecule has 194 valence electrons. The number of hydrogen-bond donors (Lipinski definition) is 1. The average Bonchev–Trinajstić information content (AvgIpc) is 2.95. The van der Waals surface area contributed by atoms with E-state index < -0.39 is 11.9 Å². The number of nitriles is 1. The SMILES string of the molecule is CCOC(=O)C1=C(CSc2nccc(-c3ccccc3)n2)OC(N)=C(C#N)C1c1cccc(OC)c1OC. The first kappa shape index (κ1) is 26.6. The van der Waals surface area contributed by atoms with E-state index >= 15 is 0 Å². The van der Waals surface area contributed by atoms with Gasteiger partial charge in [-0.2, -0.15) is 5.26 Å². The smallest absolute Gasteiger partial charge is 0.338 e. The van der Waals surface area contributed by atoms with Crippen LogP contribution in [-0.2, 0) is 14.3 Å². The van der Waals surface area contributed by atoms with E-state index in [9.17, 15) is 10.1 Å². The molecule has 10 heteroatoms. The van der Waals surface area contributed by atoms with Crippen LogP contribution in [0, 0.1) is 11.3 Å². The maximum absolute atomic E-state index is 13.3. The summed E-state index contributed by atoms with van der Waals surface area (Å²) in [7, 11) is 3.00. The van der Waals surface area contributed by atoms with Crippen molar-refractivity contribution in [3.05, 3.63) is 89.1 Å². The Labute approximate surface area is 224 Å². The van der Waals surface area contributed by atoms with Gasteiger partial charge in [-0.3, -0.25) is 0 Å². The first-order valence-electron chi connectivity index (χ1n) is 11.7. The number of aromatic nitrogens is 2. The Morgan fingerprint density at radius 1 is 1.13 bits per heavy atom. The molecule has 0 spiro atoms. The Kier molecular flexibility index (Phi) is 8.51. The maximum atomic E-state index is 13.3. The van der Waals surface area contributed by atoms with E-state index in [2.05, 4.69) is 16.0 Å². The van der Waals surface area contributed by atoms with E-state index in [0.29, 0.717) is 22.2 Å². The largest absolute Gasteiger partial charge is 0.493 e. The lowest BCUT2D eigenvalue weighted by molar-refractivity contribution is -0.139. The molecule has 2 N–H and O–H groups in total. The molecule has 2 aromatic carbocycles. The highest BCUT2D eigenvalue weighted by atomic mass is 32.2. The number of benzene rings is 2. The van der Waals surface area contributed by atoms with Gasteiger partial charge in [-0.15, -0.1) is 0 Å². The average molecular weight is 531 g/mol. The fraction of sp³-hybridized carbons (Fsp3) is 0.214. The summed E-state index contributed by atoms with van der Waals surface area (Å²) in [6, 6.07) is 18.9. The van der Waals surface area contributed by atoms with Crippen LogP contribution < -0.4 is 15.2 Å². The Balaban J connectivity index is 1.78. The molecule has 0 bridgehead atoms. The van der Waals surface area contributed by atoms with Gasteiger partial charge < -0.3 is 24.7 Å². The first-order chi connectivity index (χ1) is 18.5. The molecule has 1 aliphatic heterocycles. The van der Waals surface area contributed by atoms with Gasteiger partial charge >= 0.3 is 5.97 Å². The third kappa shape index (κ3) is 5.43. The fourth-order valence-corrected chi connectivity index (χ4v) is 4.89. The number of carbonyl (C=O) groups is 1. The number of esters is 1. The summed E-state index contributed by atoms with van der Waals surface area (Å²) in [5.74, 6) is -0.414. The standard InChI is InChI=1S/C28H26N4O5S/c1-4-36-27(33)24-22(16-38-28-31-14-13-20(32-28)17-9-6-5-7-10-17)37-26(30)19(15-29)23(24)18-11-8-12-21(34-2)25(18)35-3/h5-14,23H,4,16,30H2,1-3H3. The van der Waals surface area contributed by atoms with Gasteiger partial charge in [-0.05, 0) is 19.1 Å². The number of carbonyl (C=O) groups excluding carboxylic acids is 1. The van der Waals surface area contributed by atoms with Crippen molar-refractivity contribution in [2.24, 2.45) is 5.73 Å². The van der Waals surface area contributed by atoms with Crippen molar-refractivity contribution in [1.82, 2.24) is 9.97 Å². The van der Waals surface area contributed by atoms with Gasteiger partial charge in [0.15, 0.2) is 16.7 Å². The molecule has 1 aliphatic rings. The Hall–Kier alpha value is -4.49.